The molecule has 2 aliphatic rings. The molecule has 0 amide bonds. The van der Waals surface area contributed by atoms with Gasteiger partial charge >= 0.3 is 0 Å². The molecule has 1 aliphatic heterocycles. The van der Waals surface area contributed by atoms with Crippen LogP contribution in [-0.4, -0.2) is 26.0 Å². The Labute approximate surface area is 116 Å². The van der Waals surface area contributed by atoms with Gasteiger partial charge in [-0.05, 0) is 37.3 Å². The van der Waals surface area contributed by atoms with Crippen molar-refractivity contribution in [2.24, 2.45) is 0 Å². The Bertz CT molecular complexity index is 552. The summed E-state index contributed by atoms with van der Waals surface area (Å²) in [6, 6.07) is 2.45. The van der Waals surface area contributed by atoms with E-state index in [4.69, 9.17) is 11.6 Å². The molecule has 2 unspecified atom stereocenters. The third kappa shape index (κ3) is 2.59. The molecule has 18 heavy (non-hydrogen) atoms. The van der Waals surface area contributed by atoms with Crippen LogP contribution in [0.1, 0.15) is 35.7 Å². The number of fused-ring (bicyclic) bond motifs is 1. The van der Waals surface area contributed by atoms with Crippen LogP contribution in [0.2, 0.25) is 4.34 Å². The molecule has 0 saturated carbocycles. The average Bonchev–Trinajstić information content (AvgIpc) is 2.81. The fourth-order valence-electron chi connectivity index (χ4n) is 2.91. The third-order valence-electron chi connectivity index (χ3n) is 3.75. The summed E-state index contributed by atoms with van der Waals surface area (Å²) in [6.45, 7) is 0. The molecule has 0 bridgehead atoms. The molecule has 1 aromatic rings. The van der Waals surface area contributed by atoms with Crippen molar-refractivity contribution in [2.45, 2.75) is 37.8 Å². The highest BCUT2D eigenvalue weighted by Gasteiger charge is 2.31. The standard InChI is InChI=1S/C12H16ClNO2S2/c13-12-6-9-10(2-1-3-11(9)17-12)14-8-4-5-18(15,16)7-8/h6,8,10,14H,1-5,7H2. The van der Waals surface area contributed by atoms with Gasteiger partial charge in [0.25, 0.3) is 0 Å². The van der Waals surface area contributed by atoms with Gasteiger partial charge in [-0.3, -0.25) is 0 Å². The number of thiophene rings is 1. The lowest BCUT2D eigenvalue weighted by molar-refractivity contribution is 0.414. The highest BCUT2D eigenvalue weighted by Crippen LogP contribution is 2.38. The maximum Gasteiger partial charge on any atom is 0.151 e. The summed E-state index contributed by atoms with van der Waals surface area (Å²) in [7, 11) is -2.80. The second-order valence-electron chi connectivity index (χ2n) is 5.14. The van der Waals surface area contributed by atoms with E-state index in [1.807, 2.05) is 6.07 Å². The summed E-state index contributed by atoms with van der Waals surface area (Å²) in [5, 5.41) is 3.51. The number of aryl methyl sites for hydroxylation is 1. The SMILES string of the molecule is O=S1(=O)CCC(NC2CCCc3sc(Cl)cc32)C1. The van der Waals surface area contributed by atoms with Gasteiger partial charge in [-0.15, -0.1) is 11.3 Å². The van der Waals surface area contributed by atoms with Crippen molar-refractivity contribution in [3.63, 3.8) is 0 Å². The van der Waals surface area contributed by atoms with Crippen LogP contribution in [0.15, 0.2) is 6.07 Å². The molecule has 3 rings (SSSR count). The smallest absolute Gasteiger partial charge is 0.151 e. The molecule has 3 nitrogen and oxygen atoms in total. The van der Waals surface area contributed by atoms with E-state index in [0.29, 0.717) is 5.75 Å². The minimum atomic E-state index is -2.80. The Balaban J connectivity index is 1.75. The van der Waals surface area contributed by atoms with Crippen molar-refractivity contribution in [1.29, 1.82) is 0 Å². The van der Waals surface area contributed by atoms with Gasteiger partial charge in [-0.25, -0.2) is 8.42 Å². The Kier molecular flexibility index (Phi) is 3.43. The van der Waals surface area contributed by atoms with Gasteiger partial charge < -0.3 is 5.32 Å². The largest absolute Gasteiger partial charge is 0.306 e. The van der Waals surface area contributed by atoms with E-state index in [0.717, 1.165) is 30.0 Å². The molecule has 0 spiro atoms. The summed E-state index contributed by atoms with van der Waals surface area (Å²) < 4.78 is 23.8. The van der Waals surface area contributed by atoms with E-state index < -0.39 is 9.84 Å². The van der Waals surface area contributed by atoms with Crippen LogP contribution in [0.3, 0.4) is 0 Å². The first-order chi connectivity index (χ1) is 8.53. The zero-order valence-electron chi connectivity index (χ0n) is 9.99. The van der Waals surface area contributed by atoms with E-state index in [1.54, 1.807) is 11.3 Å². The first-order valence-electron chi connectivity index (χ1n) is 6.28. The van der Waals surface area contributed by atoms with Crippen molar-refractivity contribution in [1.82, 2.24) is 5.32 Å². The highest BCUT2D eigenvalue weighted by atomic mass is 35.5. The van der Waals surface area contributed by atoms with Crippen LogP contribution in [0.25, 0.3) is 0 Å². The van der Waals surface area contributed by atoms with Crippen molar-refractivity contribution in [3.05, 3.63) is 20.8 Å². The van der Waals surface area contributed by atoms with Gasteiger partial charge in [0.15, 0.2) is 9.84 Å². The first-order valence-corrected chi connectivity index (χ1v) is 9.30. The average molecular weight is 306 g/mol. The number of nitrogens with one attached hydrogen (secondary N) is 1. The predicted molar refractivity (Wildman–Crippen MR) is 75.2 cm³/mol. The fourth-order valence-corrected chi connectivity index (χ4v) is 5.98. The maximum atomic E-state index is 11.5. The normalized spacial score (nSPS) is 30.3. The molecule has 1 saturated heterocycles. The van der Waals surface area contributed by atoms with E-state index in [2.05, 4.69) is 5.32 Å². The number of rotatable bonds is 2. The van der Waals surface area contributed by atoms with Gasteiger partial charge in [0.2, 0.25) is 0 Å². The van der Waals surface area contributed by atoms with Crippen LogP contribution < -0.4 is 5.32 Å². The predicted octanol–water partition coefficient (Wildman–Crippen LogP) is 2.56. The summed E-state index contributed by atoms with van der Waals surface area (Å²) in [5.74, 6) is 0.616. The Morgan fingerprint density at radius 1 is 1.39 bits per heavy atom. The Morgan fingerprint density at radius 3 is 2.94 bits per heavy atom. The van der Waals surface area contributed by atoms with Gasteiger partial charge in [0.1, 0.15) is 0 Å². The monoisotopic (exact) mass is 305 g/mol. The second kappa shape index (κ2) is 4.78. The van der Waals surface area contributed by atoms with Gasteiger partial charge in [-0.2, -0.15) is 0 Å². The molecule has 100 valence electrons. The number of halogens is 1. The molecule has 1 aliphatic carbocycles. The van der Waals surface area contributed by atoms with Gasteiger partial charge in [-0.1, -0.05) is 11.6 Å². The Hall–Kier alpha value is -0.100. The van der Waals surface area contributed by atoms with E-state index in [-0.39, 0.29) is 17.8 Å². The van der Waals surface area contributed by atoms with Crippen molar-refractivity contribution >= 4 is 32.8 Å². The molecule has 0 radical (unpaired) electrons. The summed E-state index contributed by atoms with van der Waals surface area (Å²) >= 11 is 7.73. The van der Waals surface area contributed by atoms with Crippen LogP contribution in [0, 0.1) is 0 Å². The molecule has 2 atom stereocenters. The van der Waals surface area contributed by atoms with E-state index in [9.17, 15) is 8.42 Å². The molecular formula is C12H16ClNO2S2. The maximum absolute atomic E-state index is 11.5. The summed E-state index contributed by atoms with van der Waals surface area (Å²) in [6.07, 6.45) is 4.08. The van der Waals surface area contributed by atoms with Crippen LogP contribution >= 0.6 is 22.9 Å². The summed E-state index contributed by atoms with van der Waals surface area (Å²) in [5.41, 5.74) is 1.29. The van der Waals surface area contributed by atoms with Crippen molar-refractivity contribution < 1.29 is 8.42 Å². The minimum absolute atomic E-state index is 0.115. The molecule has 1 N–H and O–H groups in total. The lowest BCUT2D eigenvalue weighted by Gasteiger charge is -2.26. The first kappa shape index (κ1) is 12.9. The van der Waals surface area contributed by atoms with Gasteiger partial charge in [0.05, 0.1) is 15.8 Å². The molecule has 1 fully saturated rings. The highest BCUT2D eigenvalue weighted by molar-refractivity contribution is 7.91. The van der Waals surface area contributed by atoms with Crippen molar-refractivity contribution in [2.75, 3.05) is 11.5 Å². The number of sulfone groups is 1. The summed E-state index contributed by atoms with van der Waals surface area (Å²) in [4.78, 5) is 1.37. The zero-order chi connectivity index (χ0) is 12.8. The van der Waals surface area contributed by atoms with E-state index in [1.165, 1.54) is 10.4 Å². The van der Waals surface area contributed by atoms with Crippen LogP contribution in [-0.2, 0) is 16.3 Å². The lowest BCUT2D eigenvalue weighted by Crippen LogP contribution is -2.35. The number of hydrogen-bond acceptors (Lipinski definition) is 4. The minimum Gasteiger partial charge on any atom is -0.306 e. The molecule has 2 heterocycles. The molecule has 6 heteroatoms. The van der Waals surface area contributed by atoms with Crippen LogP contribution in [0.4, 0.5) is 0 Å². The second-order valence-corrected chi connectivity index (χ2v) is 9.14. The molecule has 0 aromatic carbocycles. The lowest BCUT2D eigenvalue weighted by atomic mass is 9.93. The van der Waals surface area contributed by atoms with Gasteiger partial charge in [0, 0.05) is 17.0 Å². The molecule has 1 aromatic heterocycles. The topological polar surface area (TPSA) is 46.2 Å². The van der Waals surface area contributed by atoms with E-state index >= 15 is 0 Å². The quantitative estimate of drug-likeness (QED) is 0.913. The third-order valence-corrected chi connectivity index (χ3v) is 6.86. The number of hydrogen-bond donors (Lipinski definition) is 1. The van der Waals surface area contributed by atoms with Crippen molar-refractivity contribution in [3.8, 4) is 0 Å². The fraction of sp³-hybridized carbons (Fsp3) is 0.667. The molecular weight excluding hydrogens is 290 g/mol. The van der Waals surface area contributed by atoms with Crippen LogP contribution in [0.5, 0.6) is 0 Å². The Morgan fingerprint density at radius 2 is 2.22 bits per heavy atom. The zero-order valence-corrected chi connectivity index (χ0v) is 12.4.